The van der Waals surface area contributed by atoms with Crippen LogP contribution in [0.4, 0.5) is 0 Å². The molecule has 29 heavy (non-hydrogen) atoms. The van der Waals surface area contributed by atoms with Crippen LogP contribution in [-0.2, 0) is 19.6 Å². The van der Waals surface area contributed by atoms with E-state index in [1.54, 1.807) is 6.33 Å². The van der Waals surface area contributed by atoms with Gasteiger partial charge in [-0.2, -0.15) is 5.10 Å². The van der Waals surface area contributed by atoms with Gasteiger partial charge < -0.3 is 5.11 Å². The van der Waals surface area contributed by atoms with Crippen molar-refractivity contribution in [3.8, 4) is 11.3 Å². The van der Waals surface area contributed by atoms with E-state index < -0.39 is 5.97 Å². The standard InChI is InChI=1S/C22H19N5O2/c28-22(29)20-16-8-4-5-9-18(16)25-21(15-6-2-1-3-7-15)17(20)12-26-10-11-27-19(13-26)23-14-24-27/h1-9,14H,10-13H2,(H,28,29). The Labute approximate surface area is 167 Å². The van der Waals surface area contributed by atoms with Gasteiger partial charge in [0.25, 0.3) is 0 Å². The summed E-state index contributed by atoms with van der Waals surface area (Å²) in [5.41, 5.74) is 3.37. The number of nitrogens with zero attached hydrogens (tertiary/aromatic N) is 5. The summed E-state index contributed by atoms with van der Waals surface area (Å²) in [6.45, 7) is 2.62. The van der Waals surface area contributed by atoms with E-state index in [1.807, 2.05) is 59.3 Å². The Balaban J connectivity index is 1.67. The SMILES string of the molecule is O=C(O)c1c(CN2CCn3ncnc3C2)c(-c2ccccc2)nc2ccccc12. The Morgan fingerprint density at radius 3 is 2.66 bits per heavy atom. The summed E-state index contributed by atoms with van der Waals surface area (Å²) in [5.74, 6) is -0.0425. The van der Waals surface area contributed by atoms with Crippen LogP contribution in [0.15, 0.2) is 60.9 Å². The van der Waals surface area contributed by atoms with Gasteiger partial charge in [0.2, 0.25) is 0 Å². The summed E-state index contributed by atoms with van der Waals surface area (Å²) >= 11 is 0. The maximum absolute atomic E-state index is 12.3. The van der Waals surface area contributed by atoms with Gasteiger partial charge in [-0.3, -0.25) is 4.90 Å². The molecule has 0 saturated heterocycles. The molecule has 5 rings (SSSR count). The fraction of sp³-hybridized carbons (Fsp3) is 0.182. The van der Waals surface area contributed by atoms with Crippen LogP contribution >= 0.6 is 0 Å². The van der Waals surface area contributed by atoms with Crippen LogP contribution in [0.25, 0.3) is 22.2 Å². The lowest BCUT2D eigenvalue weighted by Gasteiger charge is -2.28. The highest BCUT2D eigenvalue weighted by molar-refractivity contribution is 6.05. The van der Waals surface area contributed by atoms with Crippen LogP contribution in [0.2, 0.25) is 0 Å². The molecule has 1 N–H and O–H groups in total. The Bertz CT molecular complexity index is 1200. The fourth-order valence-electron chi connectivity index (χ4n) is 3.96. The topological polar surface area (TPSA) is 84.1 Å². The summed E-state index contributed by atoms with van der Waals surface area (Å²) in [6.07, 6.45) is 1.56. The molecule has 0 spiro atoms. The van der Waals surface area contributed by atoms with Crippen molar-refractivity contribution in [2.24, 2.45) is 0 Å². The van der Waals surface area contributed by atoms with Crippen molar-refractivity contribution in [1.82, 2.24) is 24.6 Å². The highest BCUT2D eigenvalue weighted by atomic mass is 16.4. The number of carboxylic acid groups (broad SMARTS) is 1. The largest absolute Gasteiger partial charge is 0.478 e. The third kappa shape index (κ3) is 3.15. The number of aromatic nitrogens is 4. The van der Waals surface area contributed by atoms with Gasteiger partial charge in [0, 0.05) is 29.6 Å². The predicted octanol–water partition coefficient (Wildman–Crippen LogP) is 3.21. The number of para-hydroxylation sites is 1. The molecular weight excluding hydrogens is 366 g/mol. The minimum Gasteiger partial charge on any atom is -0.478 e. The first-order valence-corrected chi connectivity index (χ1v) is 9.50. The zero-order valence-corrected chi connectivity index (χ0v) is 15.7. The van der Waals surface area contributed by atoms with Crippen LogP contribution in [-0.4, -0.2) is 42.3 Å². The van der Waals surface area contributed by atoms with Crippen LogP contribution in [0.1, 0.15) is 21.7 Å². The highest BCUT2D eigenvalue weighted by Crippen LogP contribution is 2.32. The first-order valence-electron chi connectivity index (χ1n) is 9.50. The summed E-state index contributed by atoms with van der Waals surface area (Å²) < 4.78 is 1.89. The van der Waals surface area contributed by atoms with Gasteiger partial charge in [0.1, 0.15) is 12.2 Å². The number of pyridine rings is 1. The van der Waals surface area contributed by atoms with E-state index in [2.05, 4.69) is 15.0 Å². The summed E-state index contributed by atoms with van der Waals surface area (Å²) in [7, 11) is 0. The Kier molecular flexibility index (Phi) is 4.29. The van der Waals surface area contributed by atoms with Gasteiger partial charge in [-0.15, -0.1) is 0 Å². The molecule has 1 aliphatic heterocycles. The van der Waals surface area contributed by atoms with Crippen molar-refractivity contribution >= 4 is 16.9 Å². The normalized spacial score (nSPS) is 14.1. The second kappa shape index (κ2) is 7.10. The smallest absolute Gasteiger partial charge is 0.336 e. The first kappa shape index (κ1) is 17.5. The number of benzene rings is 2. The lowest BCUT2D eigenvalue weighted by Crippen LogP contribution is -2.34. The third-order valence-corrected chi connectivity index (χ3v) is 5.32. The molecule has 0 radical (unpaired) electrons. The predicted molar refractivity (Wildman–Crippen MR) is 108 cm³/mol. The number of carboxylic acids is 1. The van der Waals surface area contributed by atoms with Crippen LogP contribution in [0, 0.1) is 0 Å². The maximum Gasteiger partial charge on any atom is 0.336 e. The van der Waals surface area contributed by atoms with Gasteiger partial charge in [0.15, 0.2) is 0 Å². The van der Waals surface area contributed by atoms with Crippen molar-refractivity contribution in [2.45, 2.75) is 19.6 Å². The molecule has 0 atom stereocenters. The molecule has 2 aromatic carbocycles. The third-order valence-electron chi connectivity index (χ3n) is 5.32. The van der Waals surface area contributed by atoms with Crippen molar-refractivity contribution < 1.29 is 9.90 Å². The van der Waals surface area contributed by atoms with E-state index >= 15 is 0 Å². The van der Waals surface area contributed by atoms with Gasteiger partial charge in [0.05, 0.1) is 29.9 Å². The highest BCUT2D eigenvalue weighted by Gasteiger charge is 2.25. The maximum atomic E-state index is 12.3. The van der Waals surface area contributed by atoms with Crippen LogP contribution in [0.3, 0.4) is 0 Å². The molecule has 2 aromatic heterocycles. The molecule has 7 nitrogen and oxygen atoms in total. The van der Waals surface area contributed by atoms with E-state index in [0.717, 1.165) is 30.0 Å². The minimum atomic E-state index is -0.934. The molecule has 0 unspecified atom stereocenters. The van der Waals surface area contributed by atoms with Gasteiger partial charge in [-0.1, -0.05) is 48.5 Å². The lowest BCUT2D eigenvalue weighted by molar-refractivity contribution is 0.0696. The quantitative estimate of drug-likeness (QED) is 0.581. The second-order valence-corrected chi connectivity index (χ2v) is 7.11. The Morgan fingerprint density at radius 2 is 1.83 bits per heavy atom. The first-order chi connectivity index (χ1) is 14.2. The van der Waals surface area contributed by atoms with Crippen molar-refractivity contribution in [2.75, 3.05) is 6.54 Å². The molecule has 0 fully saturated rings. The minimum absolute atomic E-state index is 0.321. The fourth-order valence-corrected chi connectivity index (χ4v) is 3.96. The molecule has 0 bridgehead atoms. The van der Waals surface area contributed by atoms with E-state index in [-0.39, 0.29) is 0 Å². The van der Waals surface area contributed by atoms with E-state index in [0.29, 0.717) is 35.2 Å². The molecule has 0 amide bonds. The van der Waals surface area contributed by atoms with E-state index in [9.17, 15) is 9.90 Å². The molecule has 0 saturated carbocycles. The Morgan fingerprint density at radius 1 is 1.03 bits per heavy atom. The zero-order valence-electron chi connectivity index (χ0n) is 15.7. The van der Waals surface area contributed by atoms with Crippen molar-refractivity contribution in [1.29, 1.82) is 0 Å². The van der Waals surface area contributed by atoms with Crippen LogP contribution in [0.5, 0.6) is 0 Å². The van der Waals surface area contributed by atoms with Crippen LogP contribution < -0.4 is 0 Å². The number of rotatable bonds is 4. The Hall–Kier alpha value is -3.58. The summed E-state index contributed by atoms with van der Waals surface area (Å²) in [4.78, 5) is 23.7. The molecule has 4 aromatic rings. The van der Waals surface area contributed by atoms with Gasteiger partial charge in [-0.25, -0.2) is 19.4 Å². The number of carbonyl (C=O) groups is 1. The lowest BCUT2D eigenvalue weighted by atomic mass is 9.96. The van der Waals surface area contributed by atoms with E-state index in [1.165, 1.54) is 0 Å². The van der Waals surface area contributed by atoms with Gasteiger partial charge >= 0.3 is 5.97 Å². The molecule has 3 heterocycles. The second-order valence-electron chi connectivity index (χ2n) is 7.11. The molecule has 0 aliphatic carbocycles. The molecular formula is C22H19N5O2. The number of fused-ring (bicyclic) bond motifs is 2. The molecule has 7 heteroatoms. The number of aromatic carboxylic acids is 1. The van der Waals surface area contributed by atoms with Gasteiger partial charge in [-0.05, 0) is 6.07 Å². The van der Waals surface area contributed by atoms with Crippen molar-refractivity contribution in [3.63, 3.8) is 0 Å². The zero-order chi connectivity index (χ0) is 19.8. The average molecular weight is 385 g/mol. The van der Waals surface area contributed by atoms with E-state index in [4.69, 9.17) is 4.98 Å². The summed E-state index contributed by atoms with van der Waals surface area (Å²) in [6, 6.07) is 17.2. The summed E-state index contributed by atoms with van der Waals surface area (Å²) in [5, 5.41) is 15.0. The average Bonchev–Trinajstić information content (AvgIpc) is 3.21. The monoisotopic (exact) mass is 385 g/mol. The molecule has 1 aliphatic rings. The number of hydrogen-bond acceptors (Lipinski definition) is 5. The molecule has 144 valence electrons. The number of hydrogen-bond donors (Lipinski definition) is 1. The van der Waals surface area contributed by atoms with Crippen molar-refractivity contribution in [3.05, 3.63) is 77.9 Å².